The Morgan fingerprint density at radius 3 is 3.00 bits per heavy atom. The van der Waals surface area contributed by atoms with E-state index in [1.54, 1.807) is 12.1 Å². The van der Waals surface area contributed by atoms with Crippen LogP contribution >= 0.6 is 27.5 Å². The first-order chi connectivity index (χ1) is 6.16. The van der Waals surface area contributed by atoms with E-state index in [9.17, 15) is 4.79 Å². The number of H-pyrrole nitrogens is 1. The van der Waals surface area contributed by atoms with E-state index >= 15 is 0 Å². The van der Waals surface area contributed by atoms with Crippen LogP contribution in [0.25, 0.3) is 11.0 Å². The molecule has 1 N–H and O–H groups in total. The van der Waals surface area contributed by atoms with Gasteiger partial charge in [0.2, 0.25) is 0 Å². The van der Waals surface area contributed by atoms with Gasteiger partial charge in [-0.3, -0.25) is 4.79 Å². The lowest BCUT2D eigenvalue weighted by atomic mass is 10.3. The van der Waals surface area contributed by atoms with E-state index in [0.717, 1.165) is 4.47 Å². The zero-order valence-electron chi connectivity index (χ0n) is 6.34. The van der Waals surface area contributed by atoms with Gasteiger partial charge >= 0.3 is 0 Å². The van der Waals surface area contributed by atoms with Crippen LogP contribution in [0.5, 0.6) is 0 Å². The molecule has 0 saturated heterocycles. The number of nitrogens with one attached hydrogen (secondary N) is 1. The fourth-order valence-corrected chi connectivity index (χ4v) is 1.54. The molecule has 0 spiro atoms. The van der Waals surface area contributed by atoms with Gasteiger partial charge in [-0.05, 0) is 18.2 Å². The standard InChI is InChI=1S/C8H4BrClN2O/c9-4-1-2-5-6(3-4)12-8(13)7(10)11-5/h1-3H,(H,12,13). The van der Waals surface area contributed by atoms with Gasteiger partial charge in [-0.2, -0.15) is 0 Å². The summed E-state index contributed by atoms with van der Waals surface area (Å²) < 4.78 is 0.889. The largest absolute Gasteiger partial charge is 0.318 e. The summed E-state index contributed by atoms with van der Waals surface area (Å²) in [6, 6.07) is 5.39. The number of aromatic nitrogens is 2. The molecule has 5 heteroatoms. The summed E-state index contributed by atoms with van der Waals surface area (Å²) in [6.07, 6.45) is 0. The maximum absolute atomic E-state index is 11.1. The maximum Gasteiger partial charge on any atom is 0.286 e. The number of fused-ring (bicyclic) bond motifs is 1. The van der Waals surface area contributed by atoms with Gasteiger partial charge in [0.15, 0.2) is 5.15 Å². The van der Waals surface area contributed by atoms with E-state index in [1.807, 2.05) is 6.07 Å². The van der Waals surface area contributed by atoms with Crippen LogP contribution in [-0.4, -0.2) is 9.97 Å². The fourth-order valence-electron chi connectivity index (χ4n) is 1.04. The molecule has 0 saturated carbocycles. The molecule has 0 amide bonds. The smallest absolute Gasteiger partial charge is 0.286 e. The molecule has 1 aromatic carbocycles. The highest BCUT2D eigenvalue weighted by molar-refractivity contribution is 9.10. The highest BCUT2D eigenvalue weighted by Crippen LogP contribution is 2.15. The highest BCUT2D eigenvalue weighted by atomic mass is 79.9. The molecule has 0 bridgehead atoms. The molecule has 3 nitrogen and oxygen atoms in total. The van der Waals surface area contributed by atoms with Crippen molar-refractivity contribution in [3.05, 3.63) is 38.2 Å². The van der Waals surface area contributed by atoms with Gasteiger partial charge < -0.3 is 4.98 Å². The van der Waals surface area contributed by atoms with E-state index in [-0.39, 0.29) is 10.7 Å². The summed E-state index contributed by atoms with van der Waals surface area (Å²) >= 11 is 8.85. The summed E-state index contributed by atoms with van der Waals surface area (Å²) in [5.41, 5.74) is 0.976. The molecule has 0 aliphatic heterocycles. The van der Waals surface area contributed by atoms with Crippen LogP contribution < -0.4 is 5.56 Å². The van der Waals surface area contributed by atoms with Crippen molar-refractivity contribution in [3.8, 4) is 0 Å². The van der Waals surface area contributed by atoms with Gasteiger partial charge in [0.05, 0.1) is 11.0 Å². The van der Waals surface area contributed by atoms with Gasteiger partial charge in [-0.1, -0.05) is 27.5 Å². The molecule has 66 valence electrons. The SMILES string of the molecule is O=c1[nH]c2cc(Br)ccc2nc1Cl. The van der Waals surface area contributed by atoms with E-state index in [0.29, 0.717) is 11.0 Å². The van der Waals surface area contributed by atoms with Gasteiger partial charge in [0, 0.05) is 4.47 Å². The third-order valence-corrected chi connectivity index (χ3v) is 2.36. The Hall–Kier alpha value is -0.870. The van der Waals surface area contributed by atoms with Gasteiger partial charge in [-0.15, -0.1) is 0 Å². The Labute approximate surface area is 86.9 Å². The average Bonchev–Trinajstić information content (AvgIpc) is 2.08. The first kappa shape index (κ1) is 8.72. The first-order valence-electron chi connectivity index (χ1n) is 3.52. The zero-order valence-corrected chi connectivity index (χ0v) is 8.69. The molecule has 1 aromatic heterocycles. The molecular formula is C8H4BrClN2O. The average molecular weight is 259 g/mol. The van der Waals surface area contributed by atoms with Crippen LogP contribution in [-0.2, 0) is 0 Å². The van der Waals surface area contributed by atoms with Crippen molar-refractivity contribution < 1.29 is 0 Å². The van der Waals surface area contributed by atoms with Crippen LogP contribution in [0.4, 0.5) is 0 Å². The van der Waals surface area contributed by atoms with Gasteiger partial charge in [0.1, 0.15) is 0 Å². The Morgan fingerprint density at radius 2 is 2.23 bits per heavy atom. The minimum Gasteiger partial charge on any atom is -0.318 e. The Balaban J connectivity index is 2.89. The molecule has 0 fully saturated rings. The number of halogens is 2. The monoisotopic (exact) mass is 258 g/mol. The Bertz CT molecular complexity index is 523. The number of hydrogen-bond donors (Lipinski definition) is 1. The summed E-state index contributed by atoms with van der Waals surface area (Å²) in [5.74, 6) is 0. The number of benzene rings is 1. The van der Waals surface area contributed by atoms with E-state index in [4.69, 9.17) is 11.6 Å². The minimum absolute atomic E-state index is 0.0326. The van der Waals surface area contributed by atoms with Crippen molar-refractivity contribution >= 4 is 38.6 Å². The Morgan fingerprint density at radius 1 is 1.46 bits per heavy atom. The van der Waals surface area contributed by atoms with Gasteiger partial charge in [-0.25, -0.2) is 4.98 Å². The maximum atomic E-state index is 11.1. The van der Waals surface area contributed by atoms with Crippen LogP contribution in [0.15, 0.2) is 27.5 Å². The number of aromatic amines is 1. The van der Waals surface area contributed by atoms with Crippen LogP contribution in [0.3, 0.4) is 0 Å². The van der Waals surface area contributed by atoms with Crippen molar-refractivity contribution in [2.45, 2.75) is 0 Å². The quantitative estimate of drug-likeness (QED) is 0.789. The summed E-state index contributed by atoms with van der Waals surface area (Å²) in [7, 11) is 0. The minimum atomic E-state index is -0.368. The zero-order chi connectivity index (χ0) is 9.42. The second-order valence-electron chi connectivity index (χ2n) is 2.52. The van der Waals surface area contributed by atoms with Crippen molar-refractivity contribution in [2.75, 3.05) is 0 Å². The lowest BCUT2D eigenvalue weighted by Crippen LogP contribution is -2.07. The lowest BCUT2D eigenvalue weighted by Gasteiger charge is -1.97. The molecule has 0 atom stereocenters. The second kappa shape index (κ2) is 3.12. The number of hydrogen-bond acceptors (Lipinski definition) is 2. The van der Waals surface area contributed by atoms with Crippen molar-refractivity contribution in [2.24, 2.45) is 0 Å². The molecule has 0 aliphatic carbocycles. The summed E-state index contributed by atoms with van der Waals surface area (Å²) in [5, 5.41) is -0.0326. The molecule has 1 heterocycles. The normalized spacial score (nSPS) is 10.6. The number of nitrogens with zero attached hydrogens (tertiary/aromatic N) is 1. The van der Waals surface area contributed by atoms with Crippen LogP contribution in [0.1, 0.15) is 0 Å². The van der Waals surface area contributed by atoms with E-state index in [2.05, 4.69) is 25.9 Å². The highest BCUT2D eigenvalue weighted by Gasteiger charge is 2.01. The molecule has 0 unspecified atom stereocenters. The Kier molecular flexibility index (Phi) is 2.09. The van der Waals surface area contributed by atoms with Crippen LogP contribution in [0, 0.1) is 0 Å². The van der Waals surface area contributed by atoms with Crippen molar-refractivity contribution in [3.63, 3.8) is 0 Å². The molecule has 2 rings (SSSR count). The third-order valence-electron chi connectivity index (χ3n) is 1.61. The second-order valence-corrected chi connectivity index (χ2v) is 3.79. The molecule has 13 heavy (non-hydrogen) atoms. The summed E-state index contributed by atoms with van der Waals surface area (Å²) in [6.45, 7) is 0. The molecule has 0 aliphatic rings. The molecular weight excluding hydrogens is 255 g/mol. The molecule has 0 radical (unpaired) electrons. The topological polar surface area (TPSA) is 45.8 Å². The van der Waals surface area contributed by atoms with Gasteiger partial charge in [0.25, 0.3) is 5.56 Å². The summed E-state index contributed by atoms with van der Waals surface area (Å²) in [4.78, 5) is 17.6. The van der Waals surface area contributed by atoms with Crippen LogP contribution in [0.2, 0.25) is 5.15 Å². The van der Waals surface area contributed by atoms with Crippen molar-refractivity contribution in [1.29, 1.82) is 0 Å². The van der Waals surface area contributed by atoms with E-state index in [1.165, 1.54) is 0 Å². The molecule has 2 aromatic rings. The van der Waals surface area contributed by atoms with Crippen molar-refractivity contribution in [1.82, 2.24) is 9.97 Å². The predicted octanol–water partition coefficient (Wildman–Crippen LogP) is 2.34. The first-order valence-corrected chi connectivity index (χ1v) is 4.69. The predicted molar refractivity (Wildman–Crippen MR) is 55.1 cm³/mol. The third kappa shape index (κ3) is 1.59. The fraction of sp³-hybridized carbons (Fsp3) is 0. The lowest BCUT2D eigenvalue weighted by molar-refractivity contribution is 1.22. The van der Waals surface area contributed by atoms with E-state index < -0.39 is 0 Å². The number of rotatable bonds is 0.